The van der Waals surface area contributed by atoms with E-state index in [2.05, 4.69) is 0 Å². The molecule has 0 unspecified atom stereocenters. The summed E-state index contributed by atoms with van der Waals surface area (Å²) in [6, 6.07) is 1.50. The van der Waals surface area contributed by atoms with Crippen LogP contribution in [0.25, 0.3) is 0 Å². The summed E-state index contributed by atoms with van der Waals surface area (Å²) in [6.45, 7) is 3.36. The van der Waals surface area contributed by atoms with Crippen molar-refractivity contribution in [2.24, 2.45) is 0 Å². The molecule has 2 N–H and O–H groups in total. The van der Waals surface area contributed by atoms with Crippen LogP contribution in [0.1, 0.15) is 13.8 Å². The molecule has 0 bridgehead atoms. The second kappa shape index (κ2) is 4.59. The lowest BCUT2D eigenvalue weighted by molar-refractivity contribution is 0.230. The van der Waals surface area contributed by atoms with Crippen LogP contribution in [-0.2, 0) is 0 Å². The van der Waals surface area contributed by atoms with E-state index in [-0.39, 0.29) is 11.9 Å². The van der Waals surface area contributed by atoms with Crippen molar-refractivity contribution < 1.29 is 23.6 Å². The minimum absolute atomic E-state index is 0.200. The van der Waals surface area contributed by atoms with E-state index in [0.717, 1.165) is 6.07 Å². The molecule has 0 amide bonds. The highest BCUT2D eigenvalue weighted by atomic mass is 19.1. The zero-order chi connectivity index (χ0) is 11.6. The molecule has 1 rings (SSSR count). The highest BCUT2D eigenvalue weighted by Crippen LogP contribution is 2.17. The first-order valence-electron chi connectivity index (χ1n) is 4.43. The highest BCUT2D eigenvalue weighted by molar-refractivity contribution is 6.58. The molecular weight excluding hydrogens is 205 g/mol. The van der Waals surface area contributed by atoms with Gasteiger partial charge in [0.15, 0.2) is 11.6 Å². The third-order valence-corrected chi connectivity index (χ3v) is 1.69. The van der Waals surface area contributed by atoms with Crippen molar-refractivity contribution >= 4 is 12.6 Å². The first-order chi connectivity index (χ1) is 6.91. The van der Waals surface area contributed by atoms with Gasteiger partial charge in [-0.25, -0.2) is 8.78 Å². The fraction of sp³-hybridized carbons (Fsp3) is 0.333. The van der Waals surface area contributed by atoms with Crippen molar-refractivity contribution in [2.45, 2.75) is 20.0 Å². The summed E-state index contributed by atoms with van der Waals surface area (Å²) in [5.74, 6) is -2.08. The minimum Gasteiger partial charge on any atom is -0.488 e. The first-order valence-corrected chi connectivity index (χ1v) is 4.43. The molecule has 6 heteroatoms. The average molecular weight is 216 g/mol. The van der Waals surface area contributed by atoms with Crippen molar-refractivity contribution in [1.29, 1.82) is 0 Å². The molecule has 0 aliphatic carbocycles. The van der Waals surface area contributed by atoms with Crippen molar-refractivity contribution in [3.8, 4) is 5.75 Å². The Hall–Kier alpha value is -1.14. The molecule has 0 heterocycles. The molecule has 0 aliphatic heterocycles. The van der Waals surface area contributed by atoms with Crippen LogP contribution in [0.15, 0.2) is 12.1 Å². The number of ether oxygens (including phenoxy) is 1. The largest absolute Gasteiger partial charge is 0.491 e. The van der Waals surface area contributed by atoms with Crippen LogP contribution in [-0.4, -0.2) is 23.3 Å². The zero-order valence-corrected chi connectivity index (χ0v) is 8.37. The molecule has 0 aromatic heterocycles. The lowest BCUT2D eigenvalue weighted by atomic mass is 9.80. The Labute approximate surface area is 86.5 Å². The van der Waals surface area contributed by atoms with Gasteiger partial charge in [0.05, 0.1) is 6.10 Å². The molecule has 0 aliphatic rings. The van der Waals surface area contributed by atoms with Gasteiger partial charge in [-0.1, -0.05) is 0 Å². The van der Waals surface area contributed by atoms with E-state index in [1.54, 1.807) is 13.8 Å². The number of benzene rings is 1. The standard InChI is InChI=1S/C9H11BF2O3/c1-5(2)15-9-3-6(10(13)14)7(11)4-8(9)12/h3-5,13-14H,1-2H3. The fourth-order valence-electron chi connectivity index (χ4n) is 1.09. The molecule has 0 saturated heterocycles. The Bertz CT molecular complexity index is 355. The monoisotopic (exact) mass is 216 g/mol. The second-order valence-electron chi connectivity index (χ2n) is 3.34. The molecule has 0 radical (unpaired) electrons. The fourth-order valence-corrected chi connectivity index (χ4v) is 1.09. The Morgan fingerprint density at radius 2 is 1.80 bits per heavy atom. The van der Waals surface area contributed by atoms with E-state index < -0.39 is 24.2 Å². The molecule has 0 saturated carbocycles. The molecule has 1 aromatic rings. The van der Waals surface area contributed by atoms with Gasteiger partial charge in [0, 0.05) is 11.5 Å². The molecule has 3 nitrogen and oxygen atoms in total. The van der Waals surface area contributed by atoms with E-state index in [9.17, 15) is 8.78 Å². The average Bonchev–Trinajstić information content (AvgIpc) is 2.08. The number of hydrogen-bond donors (Lipinski definition) is 2. The van der Waals surface area contributed by atoms with Gasteiger partial charge in [0.2, 0.25) is 0 Å². The van der Waals surface area contributed by atoms with Crippen molar-refractivity contribution in [2.75, 3.05) is 0 Å². The first kappa shape index (κ1) is 11.9. The summed E-state index contributed by atoms with van der Waals surface area (Å²) in [7, 11) is -1.99. The molecule has 82 valence electrons. The van der Waals surface area contributed by atoms with Gasteiger partial charge in [-0.2, -0.15) is 0 Å². The van der Waals surface area contributed by atoms with E-state index >= 15 is 0 Å². The van der Waals surface area contributed by atoms with Gasteiger partial charge in [0.25, 0.3) is 0 Å². The summed E-state index contributed by atoms with van der Waals surface area (Å²) < 4.78 is 31.2. The SMILES string of the molecule is CC(C)Oc1cc(B(O)O)c(F)cc1F. The molecule has 0 atom stereocenters. The lowest BCUT2D eigenvalue weighted by Crippen LogP contribution is -2.33. The van der Waals surface area contributed by atoms with Gasteiger partial charge >= 0.3 is 7.12 Å². The van der Waals surface area contributed by atoms with E-state index in [1.165, 1.54) is 0 Å². The van der Waals surface area contributed by atoms with Crippen LogP contribution in [0.4, 0.5) is 8.78 Å². The molecule has 15 heavy (non-hydrogen) atoms. The molecule has 1 aromatic carbocycles. The van der Waals surface area contributed by atoms with Crippen molar-refractivity contribution in [1.82, 2.24) is 0 Å². The molecule has 0 fully saturated rings. The molecular formula is C9H11BF2O3. The predicted octanol–water partition coefficient (Wildman–Crippen LogP) is 0.432. The van der Waals surface area contributed by atoms with Gasteiger partial charge in [-0.05, 0) is 19.9 Å². The van der Waals surface area contributed by atoms with Crippen LogP contribution in [0.2, 0.25) is 0 Å². The molecule has 0 spiro atoms. The van der Waals surface area contributed by atoms with Crippen LogP contribution < -0.4 is 10.2 Å². The summed E-state index contributed by atoms with van der Waals surface area (Å²) >= 11 is 0. The van der Waals surface area contributed by atoms with E-state index in [1.807, 2.05) is 0 Å². The Kier molecular flexibility index (Phi) is 3.65. The summed E-state index contributed by atoms with van der Waals surface area (Å²) in [6.07, 6.45) is -0.284. The van der Waals surface area contributed by atoms with Crippen LogP contribution in [0, 0.1) is 11.6 Å². The Morgan fingerprint density at radius 3 is 2.27 bits per heavy atom. The van der Waals surface area contributed by atoms with Gasteiger partial charge in [-0.3, -0.25) is 0 Å². The van der Waals surface area contributed by atoms with Crippen LogP contribution >= 0.6 is 0 Å². The quantitative estimate of drug-likeness (QED) is 0.720. The second-order valence-corrected chi connectivity index (χ2v) is 3.34. The number of hydrogen-bond acceptors (Lipinski definition) is 3. The predicted molar refractivity (Wildman–Crippen MR) is 51.9 cm³/mol. The maximum atomic E-state index is 13.1. The van der Waals surface area contributed by atoms with Gasteiger partial charge < -0.3 is 14.8 Å². The third-order valence-electron chi connectivity index (χ3n) is 1.69. The van der Waals surface area contributed by atoms with Crippen molar-refractivity contribution in [3.05, 3.63) is 23.8 Å². The maximum Gasteiger partial charge on any atom is 0.491 e. The Balaban J connectivity index is 3.11. The van der Waals surface area contributed by atoms with Crippen molar-refractivity contribution in [3.63, 3.8) is 0 Å². The topological polar surface area (TPSA) is 49.7 Å². The highest BCUT2D eigenvalue weighted by Gasteiger charge is 2.20. The van der Waals surface area contributed by atoms with Crippen LogP contribution in [0.5, 0.6) is 5.75 Å². The normalized spacial score (nSPS) is 10.6. The van der Waals surface area contributed by atoms with Crippen LogP contribution in [0.3, 0.4) is 0 Å². The van der Waals surface area contributed by atoms with Gasteiger partial charge in [0.1, 0.15) is 5.82 Å². The smallest absolute Gasteiger partial charge is 0.488 e. The summed E-state index contributed by atoms with van der Waals surface area (Å²) in [4.78, 5) is 0. The van der Waals surface area contributed by atoms with Gasteiger partial charge in [-0.15, -0.1) is 0 Å². The maximum absolute atomic E-state index is 13.1. The third kappa shape index (κ3) is 2.90. The summed E-state index contributed by atoms with van der Waals surface area (Å²) in [5.41, 5.74) is -0.410. The number of rotatable bonds is 3. The minimum atomic E-state index is -1.99. The summed E-state index contributed by atoms with van der Waals surface area (Å²) in [5, 5.41) is 17.6. The van der Waals surface area contributed by atoms with E-state index in [4.69, 9.17) is 14.8 Å². The Morgan fingerprint density at radius 1 is 1.20 bits per heavy atom. The number of halogens is 2. The lowest BCUT2D eigenvalue weighted by Gasteiger charge is -2.12. The zero-order valence-electron chi connectivity index (χ0n) is 8.37. The van der Waals surface area contributed by atoms with E-state index in [0.29, 0.717) is 6.07 Å².